The first-order valence-corrected chi connectivity index (χ1v) is 5.75. The summed E-state index contributed by atoms with van der Waals surface area (Å²) in [5.74, 6) is 0.573. The molecule has 1 saturated heterocycles. The van der Waals surface area contributed by atoms with E-state index in [0.29, 0.717) is 19.0 Å². The first-order chi connectivity index (χ1) is 7.90. The molecule has 16 heavy (non-hydrogen) atoms. The van der Waals surface area contributed by atoms with Crippen molar-refractivity contribution in [3.8, 4) is 5.88 Å². The first kappa shape index (κ1) is 11.3. The van der Waals surface area contributed by atoms with E-state index in [2.05, 4.69) is 14.9 Å². The number of rotatable bonds is 5. The Kier molecular flexibility index (Phi) is 4.07. The van der Waals surface area contributed by atoms with Crippen molar-refractivity contribution in [3.63, 3.8) is 0 Å². The third-order valence-corrected chi connectivity index (χ3v) is 2.77. The van der Waals surface area contributed by atoms with Gasteiger partial charge >= 0.3 is 0 Å². The molecule has 0 aliphatic carbocycles. The van der Waals surface area contributed by atoms with Crippen LogP contribution in [0.4, 0.5) is 0 Å². The molecule has 0 bridgehead atoms. The third-order valence-electron chi connectivity index (χ3n) is 2.77. The zero-order valence-electron chi connectivity index (χ0n) is 9.43. The number of hydrogen-bond donors (Lipinski definition) is 1. The van der Waals surface area contributed by atoms with Crippen LogP contribution in [0.2, 0.25) is 0 Å². The summed E-state index contributed by atoms with van der Waals surface area (Å²) in [7, 11) is 0. The van der Waals surface area contributed by atoms with Gasteiger partial charge in [-0.1, -0.05) is 0 Å². The molecule has 0 spiro atoms. The van der Waals surface area contributed by atoms with E-state index in [9.17, 15) is 0 Å². The lowest BCUT2D eigenvalue weighted by Crippen LogP contribution is -2.25. The number of ether oxygens (including phenoxy) is 1. The van der Waals surface area contributed by atoms with Gasteiger partial charge in [0.1, 0.15) is 12.3 Å². The van der Waals surface area contributed by atoms with Gasteiger partial charge in [-0.3, -0.25) is 9.88 Å². The van der Waals surface area contributed by atoms with Crippen LogP contribution in [0, 0.1) is 0 Å². The van der Waals surface area contributed by atoms with Crippen LogP contribution in [0.15, 0.2) is 12.4 Å². The monoisotopic (exact) mass is 222 g/mol. The summed E-state index contributed by atoms with van der Waals surface area (Å²) in [5.41, 5.74) is 6.28. The number of likely N-dealkylation sites (tertiary alicyclic amines) is 1. The lowest BCUT2D eigenvalue weighted by atomic mass is 10.4. The molecule has 1 aliphatic rings. The first-order valence-electron chi connectivity index (χ1n) is 5.75. The second-order valence-electron chi connectivity index (χ2n) is 3.91. The fraction of sp³-hybridized carbons (Fsp3) is 0.636. The zero-order chi connectivity index (χ0) is 11.2. The lowest BCUT2D eigenvalue weighted by Gasteiger charge is -2.15. The standard InChI is InChI=1S/C11H18N4O/c12-9-10-11(14-4-3-13-10)16-8-7-15-5-1-2-6-15/h3-4H,1-2,5-9,12H2. The molecule has 2 rings (SSSR count). The van der Waals surface area contributed by atoms with Crippen LogP contribution in [0.1, 0.15) is 18.5 Å². The van der Waals surface area contributed by atoms with Gasteiger partial charge in [-0.25, -0.2) is 4.98 Å². The highest BCUT2D eigenvalue weighted by molar-refractivity contribution is 5.16. The molecular weight excluding hydrogens is 204 g/mol. The van der Waals surface area contributed by atoms with E-state index in [4.69, 9.17) is 10.5 Å². The van der Waals surface area contributed by atoms with Crippen LogP contribution >= 0.6 is 0 Å². The Morgan fingerprint density at radius 3 is 2.75 bits per heavy atom. The average molecular weight is 222 g/mol. The van der Waals surface area contributed by atoms with E-state index in [0.717, 1.165) is 12.2 Å². The Balaban J connectivity index is 1.79. The molecule has 0 unspecified atom stereocenters. The SMILES string of the molecule is NCc1nccnc1OCCN1CCCC1. The molecule has 88 valence electrons. The minimum absolute atomic E-state index is 0.368. The van der Waals surface area contributed by atoms with Crippen molar-refractivity contribution in [3.05, 3.63) is 18.1 Å². The average Bonchev–Trinajstić information content (AvgIpc) is 2.83. The summed E-state index contributed by atoms with van der Waals surface area (Å²) in [6.45, 7) is 4.36. The second-order valence-corrected chi connectivity index (χ2v) is 3.91. The summed E-state index contributed by atoms with van der Waals surface area (Å²) in [4.78, 5) is 10.7. The topological polar surface area (TPSA) is 64.3 Å². The summed E-state index contributed by atoms with van der Waals surface area (Å²) in [6.07, 6.45) is 5.87. The maximum absolute atomic E-state index is 5.59. The van der Waals surface area contributed by atoms with Gasteiger partial charge in [-0.2, -0.15) is 0 Å². The predicted octanol–water partition coefficient (Wildman–Crippen LogP) is 0.410. The molecule has 1 aromatic heterocycles. The van der Waals surface area contributed by atoms with Gasteiger partial charge in [-0.15, -0.1) is 0 Å². The molecule has 0 saturated carbocycles. The van der Waals surface area contributed by atoms with Gasteiger partial charge in [0.25, 0.3) is 0 Å². The molecule has 0 radical (unpaired) electrons. The van der Waals surface area contributed by atoms with Crippen molar-refractivity contribution in [2.45, 2.75) is 19.4 Å². The molecule has 0 amide bonds. The van der Waals surface area contributed by atoms with Crippen molar-refractivity contribution in [1.82, 2.24) is 14.9 Å². The van der Waals surface area contributed by atoms with E-state index < -0.39 is 0 Å². The van der Waals surface area contributed by atoms with Crippen molar-refractivity contribution in [1.29, 1.82) is 0 Å². The van der Waals surface area contributed by atoms with Crippen LogP contribution in [0.5, 0.6) is 5.88 Å². The van der Waals surface area contributed by atoms with E-state index in [-0.39, 0.29) is 0 Å². The summed E-state index contributed by atoms with van der Waals surface area (Å²) >= 11 is 0. The molecular formula is C11H18N4O. The van der Waals surface area contributed by atoms with Gasteiger partial charge in [0.05, 0.1) is 0 Å². The van der Waals surface area contributed by atoms with Crippen molar-refractivity contribution in [2.24, 2.45) is 5.73 Å². The summed E-state index contributed by atoms with van der Waals surface area (Å²) in [6, 6.07) is 0. The highest BCUT2D eigenvalue weighted by atomic mass is 16.5. The Morgan fingerprint density at radius 2 is 2.00 bits per heavy atom. The molecule has 2 N–H and O–H groups in total. The van der Waals surface area contributed by atoms with Crippen LogP contribution in [-0.2, 0) is 6.54 Å². The van der Waals surface area contributed by atoms with E-state index in [1.807, 2.05) is 0 Å². The maximum Gasteiger partial charge on any atom is 0.237 e. The number of nitrogens with two attached hydrogens (primary N) is 1. The Bertz CT molecular complexity index is 326. The van der Waals surface area contributed by atoms with Gasteiger partial charge in [-0.05, 0) is 25.9 Å². The van der Waals surface area contributed by atoms with Crippen LogP contribution in [-0.4, -0.2) is 41.1 Å². The van der Waals surface area contributed by atoms with Crippen LogP contribution in [0.3, 0.4) is 0 Å². The quantitative estimate of drug-likeness (QED) is 0.781. The molecule has 1 aromatic rings. The highest BCUT2D eigenvalue weighted by Gasteiger charge is 2.11. The molecule has 5 heteroatoms. The molecule has 0 aromatic carbocycles. The van der Waals surface area contributed by atoms with Crippen molar-refractivity contribution in [2.75, 3.05) is 26.2 Å². The van der Waals surface area contributed by atoms with Crippen LogP contribution in [0.25, 0.3) is 0 Å². The normalized spacial score (nSPS) is 16.6. The Hall–Kier alpha value is -1.20. The Labute approximate surface area is 95.6 Å². The summed E-state index contributed by atoms with van der Waals surface area (Å²) < 4.78 is 5.59. The molecule has 1 fully saturated rings. The second kappa shape index (κ2) is 5.77. The molecule has 0 atom stereocenters. The molecule has 1 aliphatic heterocycles. The lowest BCUT2D eigenvalue weighted by molar-refractivity contribution is 0.229. The number of hydrogen-bond acceptors (Lipinski definition) is 5. The Morgan fingerprint density at radius 1 is 1.25 bits per heavy atom. The molecule has 2 heterocycles. The van der Waals surface area contributed by atoms with E-state index >= 15 is 0 Å². The van der Waals surface area contributed by atoms with Gasteiger partial charge < -0.3 is 10.5 Å². The maximum atomic E-state index is 5.59. The predicted molar refractivity (Wildman–Crippen MR) is 61.1 cm³/mol. The van der Waals surface area contributed by atoms with Gasteiger partial charge in [0.15, 0.2) is 0 Å². The minimum atomic E-state index is 0.368. The smallest absolute Gasteiger partial charge is 0.237 e. The van der Waals surface area contributed by atoms with Gasteiger partial charge in [0, 0.05) is 25.5 Å². The molecule has 5 nitrogen and oxygen atoms in total. The number of aromatic nitrogens is 2. The highest BCUT2D eigenvalue weighted by Crippen LogP contribution is 2.11. The van der Waals surface area contributed by atoms with E-state index in [1.165, 1.54) is 25.9 Å². The van der Waals surface area contributed by atoms with Gasteiger partial charge in [0.2, 0.25) is 5.88 Å². The van der Waals surface area contributed by atoms with Crippen molar-refractivity contribution >= 4 is 0 Å². The van der Waals surface area contributed by atoms with E-state index in [1.54, 1.807) is 12.4 Å². The van der Waals surface area contributed by atoms with Crippen LogP contribution < -0.4 is 10.5 Å². The number of nitrogens with zero attached hydrogens (tertiary/aromatic N) is 3. The minimum Gasteiger partial charge on any atom is -0.475 e. The van der Waals surface area contributed by atoms with Crippen molar-refractivity contribution < 1.29 is 4.74 Å². The zero-order valence-corrected chi connectivity index (χ0v) is 9.43. The third kappa shape index (κ3) is 2.90. The largest absolute Gasteiger partial charge is 0.475 e. The fourth-order valence-corrected chi connectivity index (χ4v) is 1.89. The summed E-state index contributed by atoms with van der Waals surface area (Å²) in [5, 5.41) is 0. The fourth-order valence-electron chi connectivity index (χ4n) is 1.89.